The second kappa shape index (κ2) is 12.9. The summed E-state index contributed by atoms with van der Waals surface area (Å²) in [4.78, 5) is 46.0. The normalized spacial score (nSPS) is 15.7. The minimum atomic E-state index is -1.37. The Balaban J connectivity index is 1.43. The van der Waals surface area contributed by atoms with Gasteiger partial charge in [0.1, 0.15) is 11.3 Å². The van der Waals surface area contributed by atoms with Gasteiger partial charge in [-0.05, 0) is 61.6 Å². The van der Waals surface area contributed by atoms with E-state index in [0.29, 0.717) is 11.4 Å². The first-order chi connectivity index (χ1) is 20.8. The van der Waals surface area contributed by atoms with Crippen LogP contribution >= 0.6 is 0 Å². The van der Waals surface area contributed by atoms with Gasteiger partial charge in [0.2, 0.25) is 5.91 Å². The maximum atomic E-state index is 14.3. The Morgan fingerprint density at radius 3 is 2.51 bits per heavy atom. The fourth-order valence-electron chi connectivity index (χ4n) is 5.82. The van der Waals surface area contributed by atoms with E-state index in [1.807, 2.05) is 42.6 Å². The Labute approximate surface area is 249 Å². The van der Waals surface area contributed by atoms with Crippen LogP contribution in [0.25, 0.3) is 10.9 Å². The maximum Gasteiger partial charge on any atom is 0.320 e. The van der Waals surface area contributed by atoms with Gasteiger partial charge in [-0.2, -0.15) is 0 Å². The molecule has 2 atom stereocenters. The van der Waals surface area contributed by atoms with Crippen molar-refractivity contribution >= 4 is 34.2 Å². The van der Waals surface area contributed by atoms with Crippen LogP contribution in [0.15, 0.2) is 73.1 Å². The Bertz CT molecular complexity index is 1580. The number of fused-ring (bicyclic) bond motifs is 1. The van der Waals surface area contributed by atoms with Gasteiger partial charge in [-0.1, -0.05) is 37.5 Å². The summed E-state index contributed by atoms with van der Waals surface area (Å²) in [6, 6.07) is 16.1. The number of hydrogen-bond acceptors (Lipinski definition) is 6. The molecule has 1 saturated carbocycles. The number of nitro benzene ring substituents is 1. The van der Waals surface area contributed by atoms with Crippen LogP contribution in [0.1, 0.15) is 56.3 Å². The van der Waals surface area contributed by atoms with Crippen LogP contribution in [0.5, 0.6) is 5.75 Å². The minimum absolute atomic E-state index is 0.0876. The number of benzene rings is 2. The number of carbonyl (C=O) groups is 2. The summed E-state index contributed by atoms with van der Waals surface area (Å²) in [5.41, 5.74) is 1.45. The zero-order valence-electron chi connectivity index (χ0n) is 24.3. The highest BCUT2D eigenvalue weighted by atomic mass is 16.6. The molecule has 2 aromatic heterocycles. The van der Waals surface area contributed by atoms with Gasteiger partial charge in [-0.3, -0.25) is 19.9 Å². The van der Waals surface area contributed by atoms with Crippen LogP contribution < -0.4 is 20.7 Å². The topological polar surface area (TPSA) is 151 Å². The number of methoxy groups -OCH3 is 1. The first kappa shape index (κ1) is 29.6. The Kier molecular flexibility index (Phi) is 8.89. The van der Waals surface area contributed by atoms with Crippen molar-refractivity contribution in [1.29, 1.82) is 0 Å². The van der Waals surface area contributed by atoms with Gasteiger partial charge in [0, 0.05) is 41.3 Å². The van der Waals surface area contributed by atoms with Crippen molar-refractivity contribution < 1.29 is 19.2 Å². The monoisotopic (exact) mass is 584 g/mol. The first-order valence-corrected chi connectivity index (χ1v) is 14.5. The van der Waals surface area contributed by atoms with Crippen molar-refractivity contribution in [1.82, 2.24) is 20.6 Å². The van der Waals surface area contributed by atoms with Crippen LogP contribution in [0.3, 0.4) is 0 Å². The van der Waals surface area contributed by atoms with E-state index < -0.39 is 16.5 Å². The molecule has 0 bridgehead atoms. The molecule has 11 heteroatoms. The minimum Gasteiger partial charge on any atom is -0.495 e. The molecule has 0 saturated heterocycles. The number of non-ortho nitro benzene ring substituents is 1. The number of anilines is 1. The third-order valence-electron chi connectivity index (χ3n) is 8.17. The van der Waals surface area contributed by atoms with Crippen LogP contribution in [0.2, 0.25) is 0 Å². The summed E-state index contributed by atoms with van der Waals surface area (Å²) in [6.07, 6.45) is 8.97. The van der Waals surface area contributed by atoms with Gasteiger partial charge in [0.15, 0.2) is 0 Å². The third-order valence-corrected chi connectivity index (χ3v) is 8.17. The van der Waals surface area contributed by atoms with E-state index in [-0.39, 0.29) is 30.0 Å². The SMILES string of the molecule is COc1ccc(C(NC(=O)C(C)(Cc2c[nH]c3ccccc23)NC(=O)Nc2ccc([N+](=O)[O-])cc2)C2CCCCC2)nc1. The Morgan fingerprint density at radius 2 is 1.84 bits per heavy atom. The molecule has 4 aromatic rings. The zero-order chi connectivity index (χ0) is 30.4. The van der Waals surface area contributed by atoms with E-state index in [9.17, 15) is 19.7 Å². The van der Waals surface area contributed by atoms with Crippen LogP contribution in [0.4, 0.5) is 16.2 Å². The maximum absolute atomic E-state index is 14.3. The standard InChI is InChI=1S/C32H36N6O5/c1-32(18-22-19-33-27-11-7-6-10-26(22)27,37-31(40)35-23-12-14-24(15-13-23)38(41)42)30(39)36-29(21-8-4-3-5-9-21)28-17-16-25(43-2)20-34-28/h6-7,10-17,19-21,29,33H,3-5,8-9,18H2,1-2H3,(H,36,39)(H2,35,37,40). The van der Waals surface area contributed by atoms with Gasteiger partial charge >= 0.3 is 6.03 Å². The molecule has 2 aromatic carbocycles. The molecule has 43 heavy (non-hydrogen) atoms. The summed E-state index contributed by atoms with van der Waals surface area (Å²) in [5.74, 6) is 0.487. The fourth-order valence-corrected chi connectivity index (χ4v) is 5.82. The van der Waals surface area contributed by atoms with E-state index in [1.165, 1.54) is 24.3 Å². The third kappa shape index (κ3) is 6.94. The molecule has 0 aliphatic heterocycles. The van der Waals surface area contributed by atoms with E-state index in [2.05, 4.69) is 25.9 Å². The average Bonchev–Trinajstić information content (AvgIpc) is 3.42. The first-order valence-electron chi connectivity index (χ1n) is 14.5. The van der Waals surface area contributed by atoms with Crippen molar-refractivity contribution in [3.63, 3.8) is 0 Å². The predicted octanol–water partition coefficient (Wildman–Crippen LogP) is 6.04. The molecular formula is C32H36N6O5. The second-order valence-electron chi connectivity index (χ2n) is 11.2. The number of ether oxygens (including phenoxy) is 1. The number of hydrogen-bond donors (Lipinski definition) is 4. The van der Waals surface area contributed by atoms with Crippen LogP contribution in [0, 0.1) is 16.0 Å². The highest BCUT2D eigenvalue weighted by Crippen LogP contribution is 2.35. The van der Waals surface area contributed by atoms with Gasteiger partial charge < -0.3 is 25.7 Å². The molecule has 4 N–H and O–H groups in total. The van der Waals surface area contributed by atoms with Crippen LogP contribution in [-0.2, 0) is 11.2 Å². The number of nitrogens with zero attached hydrogens (tertiary/aromatic N) is 2. The van der Waals surface area contributed by atoms with Gasteiger partial charge in [-0.15, -0.1) is 0 Å². The summed E-state index contributed by atoms with van der Waals surface area (Å²) in [6.45, 7) is 1.71. The molecule has 1 aliphatic rings. The number of pyridine rings is 1. The smallest absolute Gasteiger partial charge is 0.320 e. The fraction of sp³-hybridized carbons (Fsp3) is 0.344. The van der Waals surface area contributed by atoms with Crippen molar-refractivity contribution in [3.8, 4) is 5.75 Å². The lowest BCUT2D eigenvalue weighted by atomic mass is 9.81. The summed E-state index contributed by atoms with van der Waals surface area (Å²) in [7, 11) is 1.58. The molecule has 3 amide bonds. The quantitative estimate of drug-likeness (QED) is 0.132. The second-order valence-corrected chi connectivity index (χ2v) is 11.2. The van der Waals surface area contributed by atoms with E-state index in [0.717, 1.165) is 54.3 Å². The number of aromatic amines is 1. The predicted molar refractivity (Wildman–Crippen MR) is 164 cm³/mol. The number of para-hydroxylation sites is 1. The number of urea groups is 1. The molecule has 2 heterocycles. The number of aromatic nitrogens is 2. The lowest BCUT2D eigenvalue weighted by molar-refractivity contribution is -0.384. The molecule has 2 unspecified atom stereocenters. The Morgan fingerprint density at radius 1 is 1.09 bits per heavy atom. The highest BCUT2D eigenvalue weighted by Gasteiger charge is 2.39. The summed E-state index contributed by atoms with van der Waals surface area (Å²) in [5, 5.41) is 20.9. The Hall–Kier alpha value is -4.93. The number of H-pyrrole nitrogens is 1. The molecule has 5 rings (SSSR count). The van der Waals surface area contributed by atoms with Crippen molar-refractivity contribution in [3.05, 3.63) is 94.4 Å². The van der Waals surface area contributed by atoms with Crippen molar-refractivity contribution in [2.75, 3.05) is 12.4 Å². The summed E-state index contributed by atoms with van der Waals surface area (Å²) >= 11 is 0. The molecular weight excluding hydrogens is 548 g/mol. The molecule has 11 nitrogen and oxygen atoms in total. The van der Waals surface area contributed by atoms with Gasteiger partial charge in [-0.25, -0.2) is 4.79 Å². The highest BCUT2D eigenvalue weighted by molar-refractivity contribution is 5.96. The molecule has 1 fully saturated rings. The molecule has 0 radical (unpaired) electrons. The molecule has 1 aliphatic carbocycles. The van der Waals surface area contributed by atoms with Gasteiger partial charge in [0.05, 0.1) is 30.0 Å². The number of carbonyl (C=O) groups excluding carboxylic acids is 2. The number of nitrogens with one attached hydrogen (secondary N) is 4. The van der Waals surface area contributed by atoms with Gasteiger partial charge in [0.25, 0.3) is 5.69 Å². The number of nitro groups is 1. The zero-order valence-corrected chi connectivity index (χ0v) is 24.3. The van der Waals surface area contributed by atoms with Crippen molar-refractivity contribution in [2.45, 2.75) is 57.0 Å². The van der Waals surface area contributed by atoms with Crippen molar-refractivity contribution in [2.24, 2.45) is 5.92 Å². The van der Waals surface area contributed by atoms with E-state index in [4.69, 9.17) is 4.74 Å². The largest absolute Gasteiger partial charge is 0.495 e. The van der Waals surface area contributed by atoms with E-state index in [1.54, 1.807) is 20.2 Å². The molecule has 0 spiro atoms. The average molecular weight is 585 g/mol. The van der Waals surface area contributed by atoms with E-state index >= 15 is 0 Å². The number of rotatable bonds is 10. The van der Waals surface area contributed by atoms with Crippen LogP contribution in [-0.4, -0.2) is 39.5 Å². The molecule has 224 valence electrons. The summed E-state index contributed by atoms with van der Waals surface area (Å²) < 4.78 is 5.29. The number of amides is 3. The lowest BCUT2D eigenvalue weighted by Crippen LogP contribution is -2.60. The lowest BCUT2D eigenvalue weighted by Gasteiger charge is -2.35.